The molecule has 8 rings (SSSR count). The third-order valence-corrected chi connectivity index (χ3v) is 19.0. The number of nitrogens with zero attached hydrogens (tertiary/aromatic N) is 9. The summed E-state index contributed by atoms with van der Waals surface area (Å²) in [5, 5.41) is 37.4. The van der Waals surface area contributed by atoms with Gasteiger partial charge in [-0.05, 0) is 176 Å². The monoisotopic (exact) mass is 1680 g/mol. The molecule has 32 heteroatoms. The minimum absolute atomic E-state index is 0.00505. The highest BCUT2D eigenvalue weighted by Crippen LogP contribution is 2.47. The number of alkyl halides is 11. The first-order valence-corrected chi connectivity index (χ1v) is 40.0. The van der Waals surface area contributed by atoms with Crippen LogP contribution >= 0.6 is 11.6 Å². The van der Waals surface area contributed by atoms with Crippen LogP contribution in [-0.2, 0) is 66.5 Å². The van der Waals surface area contributed by atoms with Gasteiger partial charge in [-0.15, -0.1) is 0 Å². The number of benzene rings is 4. The average Bonchev–Trinajstić information content (AvgIpc) is 1.76. The Bertz CT molecular complexity index is 4320. The second-order valence-corrected chi connectivity index (χ2v) is 30.4. The van der Waals surface area contributed by atoms with E-state index in [1.807, 2.05) is 60.8 Å². The molecule has 0 saturated heterocycles. The van der Waals surface area contributed by atoms with E-state index < -0.39 is 63.8 Å². The number of ether oxygens (including phenoxy) is 6. The lowest BCUT2D eigenvalue weighted by Crippen LogP contribution is -2.20. The van der Waals surface area contributed by atoms with E-state index in [0.717, 1.165) is 119 Å². The quantitative estimate of drug-likeness (QED) is 0.0207. The van der Waals surface area contributed by atoms with Gasteiger partial charge in [0.05, 0.1) is 101 Å². The topological polar surface area (TPSA) is 207 Å². The fourth-order valence-corrected chi connectivity index (χ4v) is 12.9. The molecular weight excluding hydrogens is 1560 g/mol. The average molecular weight is 1680 g/mol. The van der Waals surface area contributed by atoms with Crippen molar-refractivity contribution in [3.63, 3.8) is 0 Å². The van der Waals surface area contributed by atoms with Crippen LogP contribution in [-0.4, -0.2) is 169 Å². The van der Waals surface area contributed by atoms with Crippen molar-refractivity contribution in [2.45, 2.75) is 197 Å². The van der Waals surface area contributed by atoms with Crippen LogP contribution in [0.15, 0.2) is 67.3 Å². The Morgan fingerprint density at radius 2 is 0.923 bits per heavy atom. The summed E-state index contributed by atoms with van der Waals surface area (Å²) in [6.45, 7) is 28.1. The summed E-state index contributed by atoms with van der Waals surface area (Å²) in [5.41, 5.74) is 3.92. The number of unbranched alkanes of at least 4 members (excludes halogenated alkanes) is 4. The van der Waals surface area contributed by atoms with E-state index in [1.165, 1.54) is 37.6 Å². The largest absolute Gasteiger partial charge is 0.493 e. The number of rotatable bonds is 42. The van der Waals surface area contributed by atoms with E-state index in [-0.39, 0.29) is 53.4 Å². The van der Waals surface area contributed by atoms with Crippen molar-refractivity contribution < 1.29 is 81.1 Å². The maximum absolute atomic E-state index is 15.4. The molecule has 117 heavy (non-hydrogen) atoms. The third kappa shape index (κ3) is 30.7. The van der Waals surface area contributed by atoms with Crippen molar-refractivity contribution >= 4 is 11.6 Å². The van der Waals surface area contributed by atoms with Gasteiger partial charge in [0.2, 0.25) is 0 Å². The van der Waals surface area contributed by atoms with Gasteiger partial charge in [-0.1, -0.05) is 99.6 Å². The van der Waals surface area contributed by atoms with Crippen molar-refractivity contribution in [1.82, 2.24) is 60.4 Å². The highest BCUT2D eigenvalue weighted by atomic mass is 35.5. The van der Waals surface area contributed by atoms with Gasteiger partial charge in [0, 0.05) is 99.3 Å². The highest BCUT2D eigenvalue weighted by molar-refractivity contribution is 6.34. The first-order valence-electron chi connectivity index (χ1n) is 39.7. The van der Waals surface area contributed by atoms with Crippen LogP contribution in [0.3, 0.4) is 0 Å². The number of nitrogens with one attached hydrogen (secondary N) is 4. The Labute approximate surface area is 686 Å². The number of H-pyrrole nitrogens is 4. The number of nitriles is 1. The first kappa shape index (κ1) is 99.2. The normalized spacial score (nSPS) is 12.0. The lowest BCUT2D eigenvalue weighted by molar-refractivity contribution is -0.139. The first-order chi connectivity index (χ1) is 55.3. The Hall–Kier alpha value is -8.38. The molecule has 4 aromatic carbocycles. The zero-order valence-corrected chi connectivity index (χ0v) is 71.3. The molecule has 4 N–H and O–H groups in total. The zero-order chi connectivity index (χ0) is 87.0. The summed E-state index contributed by atoms with van der Waals surface area (Å²) in [7, 11) is 10.9. The SMILES string of the molecule is CCCCN(C)Cc1[nH]ncc1-c1c(F)c(OCCCOC)cc(C(F)(F)F)c1C#N.CCCCN(C)Cc1[nH]ncc1-c1cc(C(F)(F)F)c(OCCC)cc1CC(C)C.CCCCN(C)Cc1[nH]ncc1-c1cc(C(F)(F)F)cc(OCC(C)C)c1C.CCCCN(C)Cc1[nH]ncc1-c1cc(OCCOC)cc(C(C)(F)F)c1Cl. The van der Waals surface area contributed by atoms with Crippen LogP contribution in [0.1, 0.15) is 195 Å². The zero-order valence-electron chi connectivity index (χ0n) is 70.6. The molecule has 0 aliphatic rings. The Balaban J connectivity index is 0.000000278. The molecule has 8 aromatic rings. The van der Waals surface area contributed by atoms with Crippen LogP contribution in [0.2, 0.25) is 5.02 Å². The van der Waals surface area contributed by atoms with E-state index in [1.54, 1.807) is 44.8 Å². The second-order valence-electron chi connectivity index (χ2n) is 30.1. The minimum atomic E-state index is -4.86. The van der Waals surface area contributed by atoms with E-state index in [2.05, 4.69) is 90.1 Å². The molecule has 0 aliphatic carbocycles. The van der Waals surface area contributed by atoms with E-state index in [0.29, 0.717) is 122 Å². The van der Waals surface area contributed by atoms with Gasteiger partial charge in [0.25, 0.3) is 5.92 Å². The molecule has 0 amide bonds. The summed E-state index contributed by atoms with van der Waals surface area (Å²) in [6, 6.07) is 10.1. The van der Waals surface area contributed by atoms with E-state index in [9.17, 15) is 53.6 Å². The van der Waals surface area contributed by atoms with Crippen LogP contribution < -0.4 is 18.9 Å². The summed E-state index contributed by atoms with van der Waals surface area (Å²) in [4.78, 5) is 8.40. The van der Waals surface area contributed by atoms with Crippen LogP contribution in [0, 0.1) is 35.9 Å². The molecule has 0 unspecified atom stereocenters. The van der Waals surface area contributed by atoms with Crippen molar-refractivity contribution in [2.24, 2.45) is 11.8 Å². The minimum Gasteiger partial charge on any atom is -0.493 e. The van der Waals surface area contributed by atoms with Crippen molar-refractivity contribution in [3.05, 3.63) is 140 Å². The maximum Gasteiger partial charge on any atom is 0.419 e. The summed E-state index contributed by atoms with van der Waals surface area (Å²) >= 11 is 6.39. The number of halogens is 13. The molecule has 0 saturated carbocycles. The fourth-order valence-electron chi connectivity index (χ4n) is 12.5. The number of aromatic nitrogens is 8. The maximum atomic E-state index is 15.4. The van der Waals surface area contributed by atoms with Crippen LogP contribution in [0.5, 0.6) is 23.0 Å². The fraction of sp³-hybridized carbons (Fsp3) is 0.565. The summed E-state index contributed by atoms with van der Waals surface area (Å²) in [6.07, 6.45) is 2.35. The van der Waals surface area contributed by atoms with Crippen molar-refractivity contribution in [3.8, 4) is 73.6 Å². The molecule has 4 aromatic heterocycles. The van der Waals surface area contributed by atoms with Gasteiger partial charge in [0.15, 0.2) is 11.6 Å². The van der Waals surface area contributed by atoms with E-state index in [4.69, 9.17) is 40.0 Å². The molecule has 19 nitrogen and oxygen atoms in total. The van der Waals surface area contributed by atoms with Gasteiger partial charge in [-0.3, -0.25) is 20.4 Å². The molecule has 4 heterocycles. The number of aromatic amines is 4. The Kier molecular flexibility index (Phi) is 40.7. The second kappa shape index (κ2) is 48.0. The lowest BCUT2D eigenvalue weighted by Gasteiger charge is -2.21. The number of hydrogen-bond acceptors (Lipinski definition) is 15. The lowest BCUT2D eigenvalue weighted by atomic mass is 9.91. The number of methoxy groups -OCH3 is 2. The summed E-state index contributed by atoms with van der Waals surface area (Å²) in [5.74, 6) is -3.69. The smallest absolute Gasteiger partial charge is 0.419 e. The summed E-state index contributed by atoms with van der Waals surface area (Å²) < 4.78 is 199. The molecule has 0 fully saturated rings. The van der Waals surface area contributed by atoms with Gasteiger partial charge < -0.3 is 48.0 Å². The van der Waals surface area contributed by atoms with Gasteiger partial charge in [-0.25, -0.2) is 13.2 Å². The van der Waals surface area contributed by atoms with E-state index >= 15 is 4.39 Å². The number of hydrogen-bond donors (Lipinski definition) is 4. The van der Waals surface area contributed by atoms with Crippen molar-refractivity contribution in [2.75, 3.05) is 108 Å². The molecule has 0 spiro atoms. The van der Waals surface area contributed by atoms with Crippen LogP contribution in [0.25, 0.3) is 44.5 Å². The molecule has 650 valence electrons. The molecule has 0 atom stereocenters. The molecule has 0 aliphatic heterocycles. The van der Waals surface area contributed by atoms with Gasteiger partial charge >= 0.3 is 18.5 Å². The molecular formula is C85H118ClF12N13O6. The molecule has 0 bridgehead atoms. The third-order valence-electron chi connectivity index (χ3n) is 18.6. The van der Waals surface area contributed by atoms with Gasteiger partial charge in [-0.2, -0.15) is 65.2 Å². The molecule has 0 radical (unpaired) electrons. The predicted molar refractivity (Wildman–Crippen MR) is 434 cm³/mol. The highest BCUT2D eigenvalue weighted by Gasteiger charge is 2.40. The predicted octanol–water partition coefficient (Wildman–Crippen LogP) is 21.8. The van der Waals surface area contributed by atoms with Gasteiger partial charge in [0.1, 0.15) is 29.9 Å². The standard InChI is InChI=1S/C23H34F3N3O.C21H26F4N4O2.C21H30F3N3O.C20H28ClF2N3O2/c1-6-8-9-29(5)15-21-19(14-27-28-21)18-13-20(23(24,25)26)22(30-10-7-2)12-17(18)11-16(3)4;1-4-5-7-29(2)13-17-15(12-27-28-17)19-14(11-26)16(21(23,24)25)10-18(20(19)22)31-9-6-8-30-3;1-6-7-8-27(5)12-19-18(11-25-26-19)17-9-16(21(22,23)24)10-20(15(17)4)28-13-14(2)3;1-5-6-7-26(3)13-18-16(12-24-25-18)15-10-14(28-9-8-27-4)11-17(19(15)21)20(2,22)23/h12-14,16H,6-11,15H2,1-5H3,(H,27,28);10,12H,4-9,13H2,1-3H3,(H,27,28);9-11,14H,6-8,12-13H2,1-5H3,(H,25,26);10-12H,5-9,13H2,1-4H3,(H,24,25). The van der Waals surface area contributed by atoms with Crippen molar-refractivity contribution in [1.29, 1.82) is 5.26 Å². The Morgan fingerprint density at radius 3 is 1.35 bits per heavy atom. The Morgan fingerprint density at radius 1 is 0.462 bits per heavy atom. The van der Waals surface area contributed by atoms with Crippen LogP contribution in [0.4, 0.5) is 52.7 Å².